The summed E-state index contributed by atoms with van der Waals surface area (Å²) >= 11 is 6.13. The first kappa shape index (κ1) is 19.5. The summed E-state index contributed by atoms with van der Waals surface area (Å²) in [6.45, 7) is 10.7. The van der Waals surface area contributed by atoms with E-state index in [4.69, 9.17) is 16.3 Å². The molecule has 0 spiro atoms. The summed E-state index contributed by atoms with van der Waals surface area (Å²) in [7, 11) is 0. The number of ether oxygens (including phenoxy) is 1. The second-order valence-corrected chi connectivity index (χ2v) is 6.72. The van der Waals surface area contributed by atoms with E-state index in [0.717, 1.165) is 36.5 Å². The minimum atomic E-state index is -0.479. The zero-order valence-corrected chi connectivity index (χ0v) is 15.4. The van der Waals surface area contributed by atoms with Gasteiger partial charge in [-0.3, -0.25) is 0 Å². The largest absolute Gasteiger partial charge is 0.444 e. The number of rotatable bonds is 7. The summed E-state index contributed by atoms with van der Waals surface area (Å²) in [4.78, 5) is 20.3. The number of amides is 1. The number of hydrogen-bond donors (Lipinski definition) is 2. The van der Waals surface area contributed by atoms with Crippen LogP contribution in [0.25, 0.3) is 0 Å². The summed E-state index contributed by atoms with van der Waals surface area (Å²) in [5, 5.41) is 6.45. The summed E-state index contributed by atoms with van der Waals surface area (Å²) in [5.41, 5.74) is 0.360. The van der Waals surface area contributed by atoms with Crippen molar-refractivity contribution in [3.05, 3.63) is 16.5 Å². The molecule has 1 rings (SSSR count). The molecule has 23 heavy (non-hydrogen) atoms. The van der Waals surface area contributed by atoms with Gasteiger partial charge in [0.2, 0.25) is 0 Å². The Kier molecular flexibility index (Phi) is 7.55. The lowest BCUT2D eigenvalue weighted by Crippen LogP contribution is -2.33. The molecule has 0 fully saturated rings. The third-order valence-electron chi connectivity index (χ3n) is 2.92. The molecular weight excluding hydrogens is 316 g/mol. The number of anilines is 1. The van der Waals surface area contributed by atoms with E-state index in [0.29, 0.717) is 18.2 Å². The molecule has 0 radical (unpaired) electrons. The summed E-state index contributed by atoms with van der Waals surface area (Å²) < 4.78 is 5.17. The zero-order chi connectivity index (χ0) is 17.5. The van der Waals surface area contributed by atoms with Crippen molar-refractivity contribution in [1.82, 2.24) is 15.3 Å². The van der Waals surface area contributed by atoms with Crippen LogP contribution in [0.15, 0.2) is 0 Å². The number of hydrogen-bond acceptors (Lipinski definition) is 5. The van der Waals surface area contributed by atoms with Crippen LogP contribution in [0, 0.1) is 6.92 Å². The first-order valence-corrected chi connectivity index (χ1v) is 8.34. The van der Waals surface area contributed by atoms with Crippen molar-refractivity contribution < 1.29 is 9.53 Å². The number of alkyl carbamates (subject to hydrolysis) is 1. The summed E-state index contributed by atoms with van der Waals surface area (Å²) in [5.74, 6) is 1.50. The van der Waals surface area contributed by atoms with E-state index in [1.807, 2.05) is 27.7 Å². The highest BCUT2D eigenvalue weighted by Crippen LogP contribution is 2.20. The Morgan fingerprint density at radius 2 is 1.96 bits per heavy atom. The molecule has 0 unspecified atom stereocenters. The standard InChI is InChI=1S/C16H27ClN4O2/c1-6-8-12-20-13(17)11(2)14(21-12)18-9-7-10-19-15(22)23-16(3,4)5/h6-10H2,1-5H3,(H,19,22)(H,18,20,21). The Bertz CT molecular complexity index is 530. The number of aryl methyl sites for hydroxylation is 1. The fraction of sp³-hybridized carbons (Fsp3) is 0.688. The van der Waals surface area contributed by atoms with Gasteiger partial charge < -0.3 is 15.4 Å². The quantitative estimate of drug-likeness (QED) is 0.583. The molecule has 1 amide bonds. The molecular formula is C16H27ClN4O2. The molecule has 0 atom stereocenters. The third-order valence-corrected chi connectivity index (χ3v) is 3.29. The molecule has 2 N–H and O–H groups in total. The van der Waals surface area contributed by atoms with Gasteiger partial charge in [0.25, 0.3) is 0 Å². The smallest absolute Gasteiger partial charge is 0.407 e. The molecule has 0 saturated heterocycles. The van der Waals surface area contributed by atoms with Crippen molar-refractivity contribution in [2.45, 2.75) is 59.5 Å². The molecule has 1 aromatic heterocycles. The lowest BCUT2D eigenvalue weighted by atomic mass is 10.2. The Balaban J connectivity index is 2.40. The van der Waals surface area contributed by atoms with Gasteiger partial charge in [0, 0.05) is 25.1 Å². The summed E-state index contributed by atoms with van der Waals surface area (Å²) in [6.07, 6.45) is 2.13. The van der Waals surface area contributed by atoms with Crippen LogP contribution >= 0.6 is 11.6 Å². The maximum absolute atomic E-state index is 11.5. The average molecular weight is 343 g/mol. The highest BCUT2D eigenvalue weighted by Gasteiger charge is 2.15. The first-order chi connectivity index (χ1) is 10.7. The topological polar surface area (TPSA) is 76.1 Å². The Hall–Kier alpha value is -1.56. The van der Waals surface area contributed by atoms with Crippen molar-refractivity contribution in [1.29, 1.82) is 0 Å². The monoisotopic (exact) mass is 342 g/mol. The number of aromatic nitrogens is 2. The fourth-order valence-corrected chi connectivity index (χ4v) is 2.03. The van der Waals surface area contributed by atoms with Gasteiger partial charge in [-0.15, -0.1) is 0 Å². The molecule has 7 heteroatoms. The third kappa shape index (κ3) is 7.50. The predicted molar refractivity (Wildman–Crippen MR) is 93.1 cm³/mol. The van der Waals surface area contributed by atoms with Gasteiger partial charge in [0.15, 0.2) is 0 Å². The van der Waals surface area contributed by atoms with Crippen LogP contribution in [0.4, 0.5) is 10.6 Å². The minimum Gasteiger partial charge on any atom is -0.444 e. The van der Waals surface area contributed by atoms with E-state index < -0.39 is 11.7 Å². The number of halogens is 1. The van der Waals surface area contributed by atoms with E-state index in [2.05, 4.69) is 27.5 Å². The molecule has 0 saturated carbocycles. The van der Waals surface area contributed by atoms with Crippen molar-refractivity contribution in [2.75, 3.05) is 18.4 Å². The molecule has 130 valence electrons. The van der Waals surface area contributed by atoms with Crippen LogP contribution in [-0.4, -0.2) is 34.8 Å². The van der Waals surface area contributed by atoms with Crippen LogP contribution < -0.4 is 10.6 Å². The lowest BCUT2D eigenvalue weighted by Gasteiger charge is -2.19. The Labute approximate surface area is 143 Å². The minimum absolute atomic E-state index is 0.399. The number of carbonyl (C=O) groups excluding carboxylic acids is 1. The lowest BCUT2D eigenvalue weighted by molar-refractivity contribution is 0.0528. The second kappa shape index (κ2) is 8.91. The number of nitrogens with zero attached hydrogens (tertiary/aromatic N) is 2. The molecule has 0 aliphatic rings. The molecule has 0 aliphatic heterocycles. The van der Waals surface area contributed by atoms with Crippen LogP contribution in [0.2, 0.25) is 5.15 Å². The van der Waals surface area contributed by atoms with E-state index >= 15 is 0 Å². The molecule has 1 heterocycles. The van der Waals surface area contributed by atoms with Crippen LogP contribution in [-0.2, 0) is 11.2 Å². The van der Waals surface area contributed by atoms with Gasteiger partial charge in [-0.05, 0) is 40.5 Å². The summed E-state index contributed by atoms with van der Waals surface area (Å²) in [6, 6.07) is 0. The normalized spacial score (nSPS) is 11.2. The molecule has 6 nitrogen and oxygen atoms in total. The van der Waals surface area contributed by atoms with Gasteiger partial charge in [0.05, 0.1) is 0 Å². The Morgan fingerprint density at radius 3 is 2.57 bits per heavy atom. The van der Waals surface area contributed by atoms with Crippen LogP contribution in [0.1, 0.15) is 51.9 Å². The SMILES string of the molecule is CCCc1nc(Cl)c(C)c(NCCCNC(=O)OC(C)(C)C)n1. The van der Waals surface area contributed by atoms with E-state index in [-0.39, 0.29) is 0 Å². The van der Waals surface area contributed by atoms with E-state index in [1.165, 1.54) is 0 Å². The van der Waals surface area contributed by atoms with Crippen molar-refractivity contribution in [3.63, 3.8) is 0 Å². The van der Waals surface area contributed by atoms with Gasteiger partial charge in [-0.1, -0.05) is 18.5 Å². The molecule has 0 aromatic carbocycles. The fourth-order valence-electron chi connectivity index (χ4n) is 1.84. The van der Waals surface area contributed by atoms with Crippen molar-refractivity contribution >= 4 is 23.5 Å². The second-order valence-electron chi connectivity index (χ2n) is 6.36. The Morgan fingerprint density at radius 1 is 1.26 bits per heavy atom. The maximum atomic E-state index is 11.5. The molecule has 0 bridgehead atoms. The molecule has 1 aromatic rings. The van der Waals surface area contributed by atoms with E-state index in [9.17, 15) is 4.79 Å². The van der Waals surface area contributed by atoms with Gasteiger partial charge in [0.1, 0.15) is 22.4 Å². The average Bonchev–Trinajstić information content (AvgIpc) is 2.41. The highest BCUT2D eigenvalue weighted by molar-refractivity contribution is 6.30. The van der Waals surface area contributed by atoms with Crippen LogP contribution in [0.5, 0.6) is 0 Å². The van der Waals surface area contributed by atoms with Gasteiger partial charge in [-0.25, -0.2) is 14.8 Å². The molecule has 0 aliphatic carbocycles. The highest BCUT2D eigenvalue weighted by atomic mass is 35.5. The maximum Gasteiger partial charge on any atom is 0.407 e. The number of nitrogens with one attached hydrogen (secondary N) is 2. The van der Waals surface area contributed by atoms with Gasteiger partial charge in [-0.2, -0.15) is 0 Å². The van der Waals surface area contributed by atoms with Crippen molar-refractivity contribution in [2.24, 2.45) is 0 Å². The van der Waals surface area contributed by atoms with Gasteiger partial charge >= 0.3 is 6.09 Å². The zero-order valence-electron chi connectivity index (χ0n) is 14.6. The van der Waals surface area contributed by atoms with Crippen molar-refractivity contribution in [3.8, 4) is 0 Å². The van der Waals surface area contributed by atoms with Crippen LogP contribution in [0.3, 0.4) is 0 Å². The predicted octanol–water partition coefficient (Wildman–Crippen LogP) is 3.72. The first-order valence-electron chi connectivity index (χ1n) is 7.96. The van der Waals surface area contributed by atoms with E-state index in [1.54, 1.807) is 0 Å². The number of carbonyl (C=O) groups is 1.